The number of nitrogens with zero attached hydrogens (tertiary/aromatic N) is 2. The molecule has 0 aliphatic carbocycles. The standard InChI is InChI=1S/C11H13ClN2O3S/c1-8-4-10(2-3-13-8)14-6-9(5-11(14)15)7-18(12,16)17/h2-4,9H,5-7H2,1H3. The van der Waals surface area contributed by atoms with Crippen molar-refractivity contribution in [3.63, 3.8) is 0 Å². The average molecular weight is 289 g/mol. The second kappa shape index (κ2) is 4.85. The number of pyridine rings is 1. The predicted molar refractivity (Wildman–Crippen MR) is 69.1 cm³/mol. The monoisotopic (exact) mass is 288 g/mol. The van der Waals surface area contributed by atoms with Gasteiger partial charge in [0.25, 0.3) is 0 Å². The molecule has 0 saturated carbocycles. The summed E-state index contributed by atoms with van der Waals surface area (Å²) in [5, 5.41) is 0. The van der Waals surface area contributed by atoms with Crippen molar-refractivity contribution in [3.05, 3.63) is 24.0 Å². The lowest BCUT2D eigenvalue weighted by Crippen LogP contribution is -2.25. The fourth-order valence-electron chi connectivity index (χ4n) is 2.12. The Morgan fingerprint density at radius 3 is 2.89 bits per heavy atom. The van der Waals surface area contributed by atoms with Gasteiger partial charge in [0.15, 0.2) is 0 Å². The van der Waals surface area contributed by atoms with E-state index in [9.17, 15) is 13.2 Å². The van der Waals surface area contributed by atoms with E-state index in [1.54, 1.807) is 23.2 Å². The van der Waals surface area contributed by atoms with Gasteiger partial charge >= 0.3 is 0 Å². The summed E-state index contributed by atoms with van der Waals surface area (Å²) in [7, 11) is 1.65. The first-order valence-corrected chi connectivity index (χ1v) is 7.98. The van der Waals surface area contributed by atoms with Crippen molar-refractivity contribution in [2.24, 2.45) is 5.92 Å². The van der Waals surface area contributed by atoms with E-state index in [2.05, 4.69) is 4.98 Å². The highest BCUT2D eigenvalue weighted by Crippen LogP contribution is 2.26. The fraction of sp³-hybridized carbons (Fsp3) is 0.455. The highest BCUT2D eigenvalue weighted by atomic mass is 35.7. The molecule has 1 aliphatic rings. The Morgan fingerprint density at radius 2 is 2.28 bits per heavy atom. The Hall–Kier alpha value is -1.14. The lowest BCUT2D eigenvalue weighted by Gasteiger charge is -2.16. The number of aryl methyl sites for hydroxylation is 1. The number of halogens is 1. The first-order valence-electron chi connectivity index (χ1n) is 5.50. The Kier molecular flexibility index (Phi) is 3.59. The molecule has 1 saturated heterocycles. The maximum absolute atomic E-state index is 11.8. The van der Waals surface area contributed by atoms with Crippen molar-refractivity contribution in [2.75, 3.05) is 17.2 Å². The van der Waals surface area contributed by atoms with Gasteiger partial charge in [0.1, 0.15) is 0 Å². The molecule has 18 heavy (non-hydrogen) atoms. The zero-order valence-corrected chi connectivity index (χ0v) is 11.4. The molecule has 0 spiro atoms. The van der Waals surface area contributed by atoms with Gasteiger partial charge < -0.3 is 4.90 Å². The summed E-state index contributed by atoms with van der Waals surface area (Å²) in [5.74, 6) is -0.486. The maximum atomic E-state index is 11.8. The zero-order valence-electron chi connectivity index (χ0n) is 9.84. The van der Waals surface area contributed by atoms with Crippen LogP contribution in [-0.2, 0) is 13.8 Å². The van der Waals surface area contributed by atoms with E-state index >= 15 is 0 Å². The predicted octanol–water partition coefficient (Wildman–Crippen LogP) is 1.31. The SMILES string of the molecule is Cc1cc(N2CC(CS(=O)(=O)Cl)CC2=O)ccn1. The van der Waals surface area contributed by atoms with Crippen molar-refractivity contribution < 1.29 is 13.2 Å². The molecular formula is C11H13ClN2O3S. The highest BCUT2D eigenvalue weighted by molar-refractivity contribution is 8.13. The quantitative estimate of drug-likeness (QED) is 0.787. The number of aromatic nitrogens is 1. The number of carbonyl (C=O) groups is 1. The van der Waals surface area contributed by atoms with E-state index in [0.29, 0.717) is 6.54 Å². The van der Waals surface area contributed by atoms with Crippen molar-refractivity contribution >= 4 is 31.3 Å². The van der Waals surface area contributed by atoms with Crippen LogP contribution in [0.5, 0.6) is 0 Å². The van der Waals surface area contributed by atoms with E-state index in [1.807, 2.05) is 6.92 Å². The van der Waals surface area contributed by atoms with Crippen LogP contribution < -0.4 is 4.90 Å². The molecule has 1 aliphatic heterocycles. The summed E-state index contributed by atoms with van der Waals surface area (Å²) in [6.45, 7) is 2.22. The number of anilines is 1. The highest BCUT2D eigenvalue weighted by Gasteiger charge is 2.33. The van der Waals surface area contributed by atoms with Crippen molar-refractivity contribution in [3.8, 4) is 0 Å². The topological polar surface area (TPSA) is 67.3 Å². The third kappa shape index (κ3) is 3.20. The van der Waals surface area contributed by atoms with Crippen LogP contribution in [-0.4, -0.2) is 31.6 Å². The minimum Gasteiger partial charge on any atom is -0.312 e. The molecule has 0 radical (unpaired) electrons. The second-order valence-corrected chi connectivity index (χ2v) is 7.26. The molecule has 0 aromatic carbocycles. The van der Waals surface area contributed by atoms with Crippen LogP contribution in [0.2, 0.25) is 0 Å². The van der Waals surface area contributed by atoms with Crippen LogP contribution >= 0.6 is 10.7 Å². The molecule has 1 aromatic heterocycles. The minimum absolute atomic E-state index is 0.0779. The van der Waals surface area contributed by atoms with Crippen molar-refractivity contribution in [1.82, 2.24) is 4.98 Å². The van der Waals surface area contributed by atoms with Gasteiger partial charge in [-0.1, -0.05) is 0 Å². The first kappa shape index (κ1) is 13.3. The molecule has 1 atom stereocenters. The molecule has 5 nitrogen and oxygen atoms in total. The van der Waals surface area contributed by atoms with Crippen LogP contribution in [0, 0.1) is 12.8 Å². The molecular weight excluding hydrogens is 276 g/mol. The smallest absolute Gasteiger partial charge is 0.232 e. The summed E-state index contributed by atoms with van der Waals surface area (Å²) in [6, 6.07) is 3.54. The van der Waals surface area contributed by atoms with Crippen LogP contribution in [0.4, 0.5) is 5.69 Å². The molecule has 0 N–H and O–H groups in total. The molecule has 1 fully saturated rings. The third-order valence-corrected chi connectivity index (χ3v) is 4.08. The van der Waals surface area contributed by atoms with Crippen molar-refractivity contribution in [1.29, 1.82) is 0 Å². The van der Waals surface area contributed by atoms with Gasteiger partial charge in [-0.15, -0.1) is 0 Å². The van der Waals surface area contributed by atoms with E-state index in [-0.39, 0.29) is 24.0 Å². The van der Waals surface area contributed by atoms with Gasteiger partial charge in [0.2, 0.25) is 15.0 Å². The van der Waals surface area contributed by atoms with Gasteiger partial charge in [-0.05, 0) is 19.1 Å². The summed E-state index contributed by atoms with van der Waals surface area (Å²) >= 11 is 0. The summed E-state index contributed by atoms with van der Waals surface area (Å²) in [6.07, 6.45) is 1.84. The molecule has 2 heterocycles. The number of rotatable bonds is 3. The van der Waals surface area contributed by atoms with Gasteiger partial charge in [-0.25, -0.2) is 8.42 Å². The van der Waals surface area contributed by atoms with Gasteiger partial charge in [0.05, 0.1) is 5.75 Å². The van der Waals surface area contributed by atoms with Crippen LogP contribution in [0.1, 0.15) is 12.1 Å². The van der Waals surface area contributed by atoms with Crippen LogP contribution in [0.15, 0.2) is 18.3 Å². The molecule has 98 valence electrons. The second-order valence-electron chi connectivity index (χ2n) is 4.44. The fourth-order valence-corrected chi connectivity index (χ4v) is 3.44. The molecule has 1 aromatic rings. The Labute approximate surface area is 110 Å². The number of amides is 1. The zero-order chi connectivity index (χ0) is 13.3. The largest absolute Gasteiger partial charge is 0.312 e. The molecule has 1 amide bonds. The summed E-state index contributed by atoms with van der Waals surface area (Å²) in [5.41, 5.74) is 1.57. The van der Waals surface area contributed by atoms with Crippen LogP contribution in [0.25, 0.3) is 0 Å². The number of hydrogen-bond acceptors (Lipinski definition) is 4. The van der Waals surface area contributed by atoms with Crippen molar-refractivity contribution in [2.45, 2.75) is 13.3 Å². The lowest BCUT2D eigenvalue weighted by atomic mass is 10.1. The normalized spacial score (nSPS) is 20.4. The van der Waals surface area contributed by atoms with E-state index in [4.69, 9.17) is 10.7 Å². The Morgan fingerprint density at radius 1 is 1.56 bits per heavy atom. The Balaban J connectivity index is 2.15. The number of carbonyl (C=O) groups excluding carboxylic acids is 1. The lowest BCUT2D eigenvalue weighted by molar-refractivity contribution is -0.117. The Bertz CT molecular complexity index is 573. The van der Waals surface area contributed by atoms with Gasteiger partial charge in [0, 0.05) is 47.1 Å². The molecule has 7 heteroatoms. The number of hydrogen-bond donors (Lipinski definition) is 0. The molecule has 1 unspecified atom stereocenters. The maximum Gasteiger partial charge on any atom is 0.232 e. The first-order chi connectivity index (χ1) is 8.35. The molecule has 0 bridgehead atoms. The third-order valence-electron chi connectivity index (χ3n) is 2.83. The summed E-state index contributed by atoms with van der Waals surface area (Å²) < 4.78 is 22.0. The van der Waals surface area contributed by atoms with Crippen LogP contribution in [0.3, 0.4) is 0 Å². The van der Waals surface area contributed by atoms with E-state index < -0.39 is 9.05 Å². The molecule has 2 rings (SSSR count). The summed E-state index contributed by atoms with van der Waals surface area (Å²) in [4.78, 5) is 17.5. The van der Waals surface area contributed by atoms with Gasteiger partial charge in [-0.2, -0.15) is 0 Å². The minimum atomic E-state index is -3.56. The van der Waals surface area contributed by atoms with Gasteiger partial charge in [-0.3, -0.25) is 9.78 Å². The average Bonchev–Trinajstić information content (AvgIpc) is 2.56. The van der Waals surface area contributed by atoms with E-state index in [0.717, 1.165) is 11.4 Å². The van der Waals surface area contributed by atoms with E-state index in [1.165, 1.54) is 0 Å².